The normalized spacial score (nSPS) is 22.0. The molecule has 1 aliphatic heterocycles. The number of rotatable bonds is 5. The Morgan fingerprint density at radius 3 is 2.86 bits per heavy atom. The molecule has 0 bridgehead atoms. The second-order valence-corrected chi connectivity index (χ2v) is 7.57. The third-order valence-corrected chi connectivity index (χ3v) is 5.60. The third kappa shape index (κ3) is 3.76. The van der Waals surface area contributed by atoms with E-state index in [0.29, 0.717) is 19.6 Å². The number of carbonyl (C=O) groups is 2. The fourth-order valence-electron chi connectivity index (χ4n) is 4.15. The molecule has 4 rings (SSSR count). The fourth-order valence-corrected chi connectivity index (χ4v) is 4.15. The van der Waals surface area contributed by atoms with Crippen LogP contribution in [0.25, 0.3) is 11.2 Å². The van der Waals surface area contributed by atoms with Crippen LogP contribution in [-0.2, 0) is 16.1 Å². The minimum atomic E-state index is -0.0646. The van der Waals surface area contributed by atoms with Crippen molar-refractivity contribution in [2.45, 2.75) is 45.1 Å². The highest BCUT2D eigenvalue weighted by atomic mass is 16.2. The molecule has 3 heterocycles. The summed E-state index contributed by atoms with van der Waals surface area (Å²) in [6.45, 7) is 3.99. The van der Waals surface area contributed by atoms with Crippen LogP contribution in [0.1, 0.15) is 44.2 Å². The van der Waals surface area contributed by atoms with Gasteiger partial charge in [0.25, 0.3) is 0 Å². The van der Waals surface area contributed by atoms with Crippen LogP contribution in [0.15, 0.2) is 24.5 Å². The molecule has 2 atom stereocenters. The summed E-state index contributed by atoms with van der Waals surface area (Å²) >= 11 is 0. The van der Waals surface area contributed by atoms with Crippen molar-refractivity contribution in [2.75, 3.05) is 19.6 Å². The quantitative estimate of drug-likeness (QED) is 0.794. The van der Waals surface area contributed by atoms with Gasteiger partial charge < -0.3 is 10.2 Å². The Bertz CT molecular complexity index is 905. The zero-order valence-corrected chi connectivity index (χ0v) is 16.2. The molecular weight excluding hydrogens is 356 g/mol. The lowest BCUT2D eigenvalue weighted by Gasteiger charge is -2.24. The summed E-state index contributed by atoms with van der Waals surface area (Å²) in [6, 6.07) is 0. The number of allylic oxidation sites excluding steroid dienone is 2. The summed E-state index contributed by atoms with van der Waals surface area (Å²) < 4.78 is 1.81. The van der Waals surface area contributed by atoms with Gasteiger partial charge in [-0.2, -0.15) is 5.10 Å². The van der Waals surface area contributed by atoms with E-state index in [4.69, 9.17) is 5.10 Å². The predicted octanol–water partition coefficient (Wildman–Crippen LogP) is 1.63. The lowest BCUT2D eigenvalue weighted by atomic mass is 9.93. The van der Waals surface area contributed by atoms with Crippen LogP contribution in [0.2, 0.25) is 0 Å². The average molecular weight is 382 g/mol. The lowest BCUT2D eigenvalue weighted by Crippen LogP contribution is -2.34. The van der Waals surface area contributed by atoms with Crippen molar-refractivity contribution in [3.05, 3.63) is 30.2 Å². The van der Waals surface area contributed by atoms with E-state index >= 15 is 0 Å². The molecule has 0 radical (unpaired) electrons. The second-order valence-electron chi connectivity index (χ2n) is 7.57. The zero-order valence-electron chi connectivity index (χ0n) is 16.2. The number of hydrogen-bond donors (Lipinski definition) is 1. The maximum Gasteiger partial charge on any atom is 0.226 e. The van der Waals surface area contributed by atoms with E-state index in [0.717, 1.165) is 49.1 Å². The van der Waals surface area contributed by atoms with Crippen molar-refractivity contribution in [3.63, 3.8) is 0 Å². The minimum absolute atomic E-state index is 0.0646. The van der Waals surface area contributed by atoms with Crippen LogP contribution < -0.4 is 5.32 Å². The number of fused-ring (bicyclic) bond motifs is 1. The molecule has 1 N–H and O–H groups in total. The van der Waals surface area contributed by atoms with Crippen LogP contribution in [0.4, 0.5) is 0 Å². The molecule has 8 heteroatoms. The first-order valence-corrected chi connectivity index (χ1v) is 9.99. The second kappa shape index (κ2) is 8.08. The molecule has 2 aromatic heterocycles. The van der Waals surface area contributed by atoms with Gasteiger partial charge in [0.15, 0.2) is 5.65 Å². The third-order valence-electron chi connectivity index (χ3n) is 5.60. The van der Waals surface area contributed by atoms with Gasteiger partial charge in [-0.3, -0.25) is 9.59 Å². The predicted molar refractivity (Wildman–Crippen MR) is 104 cm³/mol. The number of nitrogens with one attached hydrogen (secondary N) is 1. The summed E-state index contributed by atoms with van der Waals surface area (Å²) in [7, 11) is 0. The van der Waals surface area contributed by atoms with Gasteiger partial charge in [-0.05, 0) is 25.7 Å². The lowest BCUT2D eigenvalue weighted by molar-refractivity contribution is -0.134. The van der Waals surface area contributed by atoms with Crippen molar-refractivity contribution in [3.8, 4) is 0 Å². The summed E-state index contributed by atoms with van der Waals surface area (Å²) in [6.07, 6.45) is 11.3. The highest BCUT2D eigenvalue weighted by Gasteiger charge is 2.34. The molecule has 148 valence electrons. The largest absolute Gasteiger partial charge is 0.354 e. The Morgan fingerprint density at radius 2 is 2.07 bits per heavy atom. The van der Waals surface area contributed by atoms with E-state index in [1.165, 1.54) is 6.92 Å². The van der Waals surface area contributed by atoms with Crippen molar-refractivity contribution in [1.82, 2.24) is 30.0 Å². The SMILES string of the molecule is CC(=O)NCCn1nc(C2CCN(C(=O)C3CC=CCC3)C2)c2nccnc21. The number of likely N-dealkylation sites (tertiary alicyclic amines) is 1. The fraction of sp³-hybridized carbons (Fsp3) is 0.550. The number of amides is 2. The summed E-state index contributed by atoms with van der Waals surface area (Å²) in [5.74, 6) is 0.498. The molecule has 2 unspecified atom stereocenters. The van der Waals surface area contributed by atoms with Crippen LogP contribution >= 0.6 is 0 Å². The maximum absolute atomic E-state index is 12.8. The molecule has 2 aromatic rings. The van der Waals surface area contributed by atoms with E-state index in [2.05, 4.69) is 27.4 Å². The number of aromatic nitrogens is 4. The van der Waals surface area contributed by atoms with Gasteiger partial charge >= 0.3 is 0 Å². The molecular formula is C20H26N6O2. The van der Waals surface area contributed by atoms with Crippen LogP contribution in [0.3, 0.4) is 0 Å². The van der Waals surface area contributed by atoms with Gasteiger partial charge in [0.05, 0.1) is 12.2 Å². The molecule has 2 amide bonds. The molecule has 0 aromatic carbocycles. The number of hydrogen-bond acceptors (Lipinski definition) is 5. The molecule has 0 saturated carbocycles. The molecule has 1 fully saturated rings. The zero-order chi connectivity index (χ0) is 19.5. The summed E-state index contributed by atoms with van der Waals surface area (Å²) in [4.78, 5) is 34.9. The van der Waals surface area contributed by atoms with Gasteiger partial charge in [0.1, 0.15) is 5.52 Å². The first-order chi connectivity index (χ1) is 13.6. The van der Waals surface area contributed by atoms with Crippen molar-refractivity contribution in [2.24, 2.45) is 5.92 Å². The first-order valence-electron chi connectivity index (χ1n) is 9.99. The van der Waals surface area contributed by atoms with Gasteiger partial charge in [0.2, 0.25) is 11.8 Å². The topological polar surface area (TPSA) is 93.0 Å². The summed E-state index contributed by atoms with van der Waals surface area (Å²) in [5, 5.41) is 7.56. The molecule has 1 aliphatic carbocycles. The smallest absolute Gasteiger partial charge is 0.226 e. The van der Waals surface area contributed by atoms with E-state index in [1.54, 1.807) is 12.4 Å². The maximum atomic E-state index is 12.8. The van der Waals surface area contributed by atoms with E-state index < -0.39 is 0 Å². The Labute approximate surface area is 164 Å². The number of carbonyl (C=O) groups excluding carboxylic acids is 2. The highest BCUT2D eigenvalue weighted by molar-refractivity contribution is 5.80. The van der Waals surface area contributed by atoms with Gasteiger partial charge in [-0.25, -0.2) is 14.6 Å². The minimum Gasteiger partial charge on any atom is -0.354 e. The van der Waals surface area contributed by atoms with Crippen LogP contribution in [-0.4, -0.2) is 56.1 Å². The van der Waals surface area contributed by atoms with Crippen LogP contribution in [0.5, 0.6) is 0 Å². The van der Waals surface area contributed by atoms with Gasteiger partial charge in [-0.15, -0.1) is 0 Å². The monoisotopic (exact) mass is 382 g/mol. The first kappa shape index (κ1) is 18.6. The van der Waals surface area contributed by atoms with Gasteiger partial charge in [0, 0.05) is 50.8 Å². The molecule has 28 heavy (non-hydrogen) atoms. The van der Waals surface area contributed by atoms with Crippen molar-refractivity contribution in [1.29, 1.82) is 0 Å². The molecule has 8 nitrogen and oxygen atoms in total. The molecule has 1 saturated heterocycles. The summed E-state index contributed by atoms with van der Waals surface area (Å²) in [5.41, 5.74) is 2.43. The van der Waals surface area contributed by atoms with E-state index in [-0.39, 0.29) is 23.7 Å². The molecule has 0 spiro atoms. The van der Waals surface area contributed by atoms with Crippen molar-refractivity contribution < 1.29 is 9.59 Å². The van der Waals surface area contributed by atoms with E-state index in [9.17, 15) is 9.59 Å². The van der Waals surface area contributed by atoms with Crippen LogP contribution in [0, 0.1) is 5.92 Å². The van der Waals surface area contributed by atoms with Gasteiger partial charge in [-0.1, -0.05) is 12.2 Å². The highest BCUT2D eigenvalue weighted by Crippen LogP contribution is 2.32. The standard InChI is InChI=1S/C20H26N6O2/c1-14(27)21-10-12-26-19-18(22-8-9-23-19)17(24-26)16-7-11-25(13-16)20(28)15-5-3-2-4-6-15/h2-3,8-9,15-16H,4-7,10-13H2,1H3,(H,21,27). The Balaban J connectivity index is 1.50. The Morgan fingerprint density at radius 1 is 1.21 bits per heavy atom. The average Bonchev–Trinajstić information content (AvgIpc) is 3.33. The Hall–Kier alpha value is -2.77. The number of nitrogens with zero attached hydrogens (tertiary/aromatic N) is 5. The van der Waals surface area contributed by atoms with E-state index in [1.807, 2.05) is 9.58 Å². The Kier molecular flexibility index (Phi) is 5.36. The van der Waals surface area contributed by atoms with Crippen molar-refractivity contribution >= 4 is 23.0 Å². The molecule has 2 aliphatic rings.